The molecule has 8 nitrogen and oxygen atoms in total. The van der Waals surface area contributed by atoms with Crippen LogP contribution in [-0.2, 0) is 16.0 Å². The zero-order chi connectivity index (χ0) is 30.2. The minimum Gasteiger partial charge on any atom is -0.384 e. The third kappa shape index (κ3) is 5.85. The number of carbonyl (C=O) groups excluding carboxylic acids is 2. The molecule has 1 unspecified atom stereocenters. The molecule has 1 aromatic heterocycles. The molecule has 2 aliphatic rings. The Labute approximate surface area is 254 Å². The van der Waals surface area contributed by atoms with Gasteiger partial charge in [-0.15, -0.1) is 10.2 Å². The number of rotatable bonds is 7. The number of nitrogens with two attached hydrogens (primary N) is 1. The number of thioether (sulfide) groups is 1. The summed E-state index contributed by atoms with van der Waals surface area (Å²) >= 11 is 2.56. The van der Waals surface area contributed by atoms with Crippen LogP contribution in [0.1, 0.15) is 61.8 Å². The van der Waals surface area contributed by atoms with E-state index in [2.05, 4.69) is 42.4 Å². The maximum Gasteiger partial charge on any atom is 0.234 e. The van der Waals surface area contributed by atoms with E-state index in [1.807, 2.05) is 56.3 Å². The van der Waals surface area contributed by atoms with Gasteiger partial charge in [-0.3, -0.25) is 14.5 Å². The van der Waals surface area contributed by atoms with E-state index in [4.69, 9.17) is 5.73 Å². The van der Waals surface area contributed by atoms with Crippen molar-refractivity contribution >= 4 is 45.6 Å². The summed E-state index contributed by atoms with van der Waals surface area (Å²) in [6.45, 7) is 10.2. The van der Waals surface area contributed by atoms with Gasteiger partial charge in [0.1, 0.15) is 5.82 Å². The number of aryl methyl sites for hydroxylation is 3. The minimum absolute atomic E-state index is 0.0122. The second kappa shape index (κ2) is 11.7. The van der Waals surface area contributed by atoms with Gasteiger partial charge in [0.05, 0.1) is 23.3 Å². The van der Waals surface area contributed by atoms with Crippen LogP contribution in [0.2, 0.25) is 0 Å². The van der Waals surface area contributed by atoms with E-state index in [0.717, 1.165) is 34.5 Å². The van der Waals surface area contributed by atoms with E-state index in [0.29, 0.717) is 33.5 Å². The number of Topliss-reactive ketones (excluding diaryl/α,β-unsaturated/α-hetero) is 1. The normalized spacial score (nSPS) is 18.1. The molecule has 0 radical (unpaired) electrons. The third-order valence-corrected chi connectivity index (χ3v) is 9.85. The maximum atomic E-state index is 13.7. The molecule has 2 aromatic carbocycles. The van der Waals surface area contributed by atoms with Crippen molar-refractivity contribution in [1.29, 1.82) is 5.26 Å². The van der Waals surface area contributed by atoms with E-state index in [9.17, 15) is 14.9 Å². The van der Waals surface area contributed by atoms with Crippen molar-refractivity contribution in [3.8, 4) is 6.07 Å². The van der Waals surface area contributed by atoms with Gasteiger partial charge < -0.3 is 11.1 Å². The molecule has 2 heterocycles. The van der Waals surface area contributed by atoms with Crippen LogP contribution < -0.4 is 16.0 Å². The van der Waals surface area contributed by atoms with Crippen LogP contribution in [0.3, 0.4) is 0 Å². The summed E-state index contributed by atoms with van der Waals surface area (Å²) in [5.41, 5.74) is 13.2. The summed E-state index contributed by atoms with van der Waals surface area (Å²) < 4.78 is 0.590. The first kappa shape index (κ1) is 29.5. The molecule has 0 spiro atoms. The van der Waals surface area contributed by atoms with Gasteiger partial charge in [-0.1, -0.05) is 74.2 Å². The van der Waals surface area contributed by atoms with E-state index in [-0.39, 0.29) is 28.7 Å². The fraction of sp³-hybridized carbons (Fsp3) is 0.344. The lowest BCUT2D eigenvalue weighted by molar-refractivity contribution is -0.118. The van der Waals surface area contributed by atoms with Crippen molar-refractivity contribution in [3.63, 3.8) is 0 Å². The monoisotopic (exact) mass is 598 g/mol. The summed E-state index contributed by atoms with van der Waals surface area (Å²) in [4.78, 5) is 28.1. The van der Waals surface area contributed by atoms with Crippen molar-refractivity contribution < 1.29 is 9.59 Å². The Kier molecular flexibility index (Phi) is 8.26. The number of hydrogen-bond donors (Lipinski definition) is 2. The standard InChI is InChI=1S/C32H34N6O2S2/c1-6-20-8-10-21(11-9-20)27-23(16-33)29(34)38(24-14-32(4,5)15-25(39)28(24)27)30-36-37-31(42-30)41-17-26(40)35-22-12-7-18(2)19(3)13-22/h7-13,27H,6,14-15,17,34H2,1-5H3,(H,35,40). The van der Waals surface area contributed by atoms with Gasteiger partial charge in [0.2, 0.25) is 11.0 Å². The highest BCUT2D eigenvalue weighted by Gasteiger charge is 2.45. The molecule has 0 saturated heterocycles. The molecular weight excluding hydrogens is 565 g/mol. The van der Waals surface area contributed by atoms with Gasteiger partial charge in [-0.2, -0.15) is 5.26 Å². The number of anilines is 2. The summed E-state index contributed by atoms with van der Waals surface area (Å²) in [5.74, 6) is -0.256. The first-order chi connectivity index (χ1) is 20.0. The lowest BCUT2D eigenvalue weighted by Crippen LogP contribution is -2.42. The van der Waals surface area contributed by atoms with Crippen molar-refractivity contribution in [1.82, 2.24) is 10.2 Å². The highest BCUT2D eigenvalue weighted by atomic mass is 32.2. The highest BCUT2D eigenvalue weighted by Crippen LogP contribution is 2.50. The summed E-state index contributed by atoms with van der Waals surface area (Å²) in [7, 11) is 0. The number of nitriles is 1. The first-order valence-corrected chi connectivity index (χ1v) is 15.7. The summed E-state index contributed by atoms with van der Waals surface area (Å²) in [5, 5.41) is 22.4. The molecule has 0 bridgehead atoms. The molecule has 216 valence electrons. The molecular formula is C32H34N6O2S2. The number of allylic oxidation sites excluding steroid dienone is 3. The zero-order valence-corrected chi connectivity index (χ0v) is 26.1. The van der Waals surface area contributed by atoms with E-state index in [1.165, 1.54) is 28.7 Å². The summed E-state index contributed by atoms with van der Waals surface area (Å²) in [6, 6.07) is 16.2. The topological polar surface area (TPSA) is 125 Å². The molecule has 1 aliphatic heterocycles. The van der Waals surface area contributed by atoms with Crippen LogP contribution in [-0.4, -0.2) is 27.6 Å². The minimum atomic E-state index is -0.536. The van der Waals surface area contributed by atoms with Gasteiger partial charge in [0.15, 0.2) is 10.1 Å². The Balaban J connectivity index is 1.45. The van der Waals surface area contributed by atoms with Crippen molar-refractivity contribution in [3.05, 3.63) is 87.4 Å². The molecule has 0 fully saturated rings. The van der Waals surface area contributed by atoms with Crippen LogP contribution in [0.15, 0.2) is 69.5 Å². The first-order valence-electron chi connectivity index (χ1n) is 13.9. The molecule has 10 heteroatoms. The van der Waals surface area contributed by atoms with Crippen molar-refractivity contribution in [2.24, 2.45) is 11.1 Å². The van der Waals surface area contributed by atoms with Gasteiger partial charge in [0, 0.05) is 23.4 Å². The van der Waals surface area contributed by atoms with E-state index in [1.54, 1.807) is 4.90 Å². The number of carbonyl (C=O) groups is 2. The number of aromatic nitrogens is 2. The maximum absolute atomic E-state index is 13.7. The van der Waals surface area contributed by atoms with E-state index < -0.39 is 5.92 Å². The number of nitrogens with one attached hydrogen (secondary N) is 1. The quantitative estimate of drug-likeness (QED) is 0.300. The van der Waals surface area contributed by atoms with Crippen LogP contribution in [0.5, 0.6) is 0 Å². The average molecular weight is 599 g/mol. The number of nitrogens with zero attached hydrogens (tertiary/aromatic N) is 4. The fourth-order valence-corrected chi connectivity index (χ4v) is 7.18. The van der Waals surface area contributed by atoms with Gasteiger partial charge in [-0.05, 0) is 66.5 Å². The second-order valence-corrected chi connectivity index (χ2v) is 13.7. The average Bonchev–Trinajstić information content (AvgIpc) is 3.41. The molecule has 0 saturated carbocycles. The van der Waals surface area contributed by atoms with Gasteiger partial charge in [-0.25, -0.2) is 0 Å². The molecule has 1 atom stereocenters. The predicted octanol–water partition coefficient (Wildman–Crippen LogP) is 6.39. The number of benzene rings is 2. The Morgan fingerprint density at radius 2 is 1.90 bits per heavy atom. The van der Waals surface area contributed by atoms with Gasteiger partial charge >= 0.3 is 0 Å². The van der Waals surface area contributed by atoms with Crippen LogP contribution in [0.25, 0.3) is 0 Å². The van der Waals surface area contributed by atoms with Gasteiger partial charge in [0.25, 0.3) is 0 Å². The Hall–Kier alpha value is -3.94. The molecule has 1 aliphatic carbocycles. The number of ketones is 1. The Morgan fingerprint density at radius 3 is 2.57 bits per heavy atom. The molecule has 3 aromatic rings. The molecule has 3 N–H and O–H groups in total. The Bertz CT molecular complexity index is 1660. The number of amides is 1. The zero-order valence-electron chi connectivity index (χ0n) is 24.4. The Morgan fingerprint density at radius 1 is 1.17 bits per heavy atom. The molecule has 42 heavy (non-hydrogen) atoms. The van der Waals surface area contributed by atoms with Crippen LogP contribution >= 0.6 is 23.1 Å². The number of hydrogen-bond acceptors (Lipinski definition) is 9. The summed E-state index contributed by atoms with van der Waals surface area (Å²) in [6.07, 6.45) is 1.87. The third-order valence-electron chi connectivity index (χ3n) is 7.81. The van der Waals surface area contributed by atoms with Crippen LogP contribution in [0, 0.1) is 30.6 Å². The SMILES string of the molecule is CCc1ccc(C2C(C#N)=C(N)N(c3nnc(SCC(=O)Nc4ccc(C)c(C)c4)s3)C3=C2C(=O)CC(C)(C)C3)cc1. The second-order valence-electron chi connectivity index (χ2n) is 11.6. The lowest BCUT2D eigenvalue weighted by Gasteiger charge is -2.42. The van der Waals surface area contributed by atoms with Crippen molar-refractivity contribution in [2.75, 3.05) is 16.0 Å². The molecule has 5 rings (SSSR count). The predicted molar refractivity (Wildman–Crippen MR) is 168 cm³/mol. The van der Waals surface area contributed by atoms with Crippen molar-refractivity contribution in [2.45, 2.75) is 64.1 Å². The lowest BCUT2D eigenvalue weighted by atomic mass is 9.68. The van der Waals surface area contributed by atoms with Crippen LogP contribution in [0.4, 0.5) is 10.8 Å². The highest BCUT2D eigenvalue weighted by molar-refractivity contribution is 8.01. The molecule has 1 amide bonds. The largest absolute Gasteiger partial charge is 0.384 e. The fourth-order valence-electron chi connectivity index (χ4n) is 5.50. The smallest absolute Gasteiger partial charge is 0.234 e. The van der Waals surface area contributed by atoms with E-state index >= 15 is 0 Å².